The molecule has 0 unspecified atom stereocenters. The Morgan fingerprint density at radius 2 is 1.93 bits per heavy atom. The minimum Gasteiger partial charge on any atom is -0.496 e. The van der Waals surface area contributed by atoms with Gasteiger partial charge in [-0.05, 0) is 44.2 Å². The number of amides is 1. The van der Waals surface area contributed by atoms with Crippen molar-refractivity contribution in [2.24, 2.45) is 5.92 Å². The fraction of sp³-hybridized carbons (Fsp3) is 0.524. The Morgan fingerprint density at radius 3 is 2.63 bits per heavy atom. The van der Waals surface area contributed by atoms with E-state index in [0.717, 1.165) is 41.0 Å². The molecule has 1 aromatic carbocycles. The molecule has 2 aromatic heterocycles. The summed E-state index contributed by atoms with van der Waals surface area (Å²) in [5.41, 5.74) is 3.43. The van der Waals surface area contributed by atoms with Crippen LogP contribution in [-0.4, -0.2) is 56.9 Å². The van der Waals surface area contributed by atoms with Crippen LogP contribution in [0.3, 0.4) is 0 Å². The van der Waals surface area contributed by atoms with E-state index in [1.807, 2.05) is 44.2 Å². The summed E-state index contributed by atoms with van der Waals surface area (Å²) < 4.78 is 7.43. The number of ether oxygens (including phenoxy) is 1. The number of aryl methyl sites for hydroxylation is 2. The van der Waals surface area contributed by atoms with E-state index in [2.05, 4.69) is 20.8 Å². The van der Waals surface area contributed by atoms with E-state index >= 15 is 0 Å². The van der Waals surface area contributed by atoms with Gasteiger partial charge < -0.3 is 20.5 Å². The average molecular weight is 415 g/mol. The van der Waals surface area contributed by atoms with Gasteiger partial charge >= 0.3 is 0 Å². The lowest BCUT2D eigenvalue weighted by Crippen LogP contribution is -2.38. The fourth-order valence-corrected chi connectivity index (χ4v) is 3.32. The number of nitrogens with one attached hydrogen (secondary N) is 2. The van der Waals surface area contributed by atoms with Gasteiger partial charge in [0.05, 0.1) is 18.1 Å². The Hall–Kier alpha value is -2.94. The summed E-state index contributed by atoms with van der Waals surface area (Å²) in [5, 5.41) is 24.3. The lowest BCUT2D eigenvalue weighted by atomic mass is 10.1. The van der Waals surface area contributed by atoms with Crippen LogP contribution in [0, 0.1) is 19.8 Å². The van der Waals surface area contributed by atoms with Gasteiger partial charge in [-0.3, -0.25) is 9.20 Å². The van der Waals surface area contributed by atoms with Gasteiger partial charge in [0, 0.05) is 19.2 Å². The Balaban J connectivity index is 1.67. The predicted octanol–water partition coefficient (Wildman–Crippen LogP) is 2.23. The average Bonchev–Trinajstić information content (AvgIpc) is 3.11. The van der Waals surface area contributed by atoms with Gasteiger partial charge in [-0.15, -0.1) is 10.2 Å². The summed E-state index contributed by atoms with van der Waals surface area (Å²) in [4.78, 5) is 16.5. The first-order valence-electron chi connectivity index (χ1n) is 10.2. The fourth-order valence-electron chi connectivity index (χ4n) is 3.32. The van der Waals surface area contributed by atoms with Crippen LogP contribution in [0.25, 0.3) is 16.7 Å². The normalized spacial score (nSPS) is 12.5. The van der Waals surface area contributed by atoms with Crippen molar-refractivity contribution in [1.82, 2.24) is 24.9 Å². The highest BCUT2D eigenvalue weighted by Gasteiger charge is 2.18. The third kappa shape index (κ3) is 4.46. The van der Waals surface area contributed by atoms with Gasteiger partial charge in [-0.25, -0.2) is 4.98 Å². The molecule has 1 atom stereocenters. The first-order chi connectivity index (χ1) is 14.3. The highest BCUT2D eigenvalue weighted by molar-refractivity contribution is 5.85. The van der Waals surface area contributed by atoms with Crippen molar-refractivity contribution < 1.29 is 14.6 Å². The molecule has 0 saturated heterocycles. The molecule has 9 nitrogen and oxygen atoms in total. The quantitative estimate of drug-likeness (QED) is 0.460. The number of rotatable bonds is 9. The second kappa shape index (κ2) is 9.25. The van der Waals surface area contributed by atoms with E-state index in [0.29, 0.717) is 24.6 Å². The highest BCUT2D eigenvalue weighted by Crippen LogP contribution is 2.27. The van der Waals surface area contributed by atoms with Gasteiger partial charge in [0.2, 0.25) is 11.6 Å². The van der Waals surface area contributed by atoms with E-state index in [9.17, 15) is 9.90 Å². The van der Waals surface area contributed by atoms with E-state index < -0.39 is 6.10 Å². The van der Waals surface area contributed by atoms with Crippen LogP contribution < -0.4 is 15.4 Å². The number of aliphatic hydroxyl groups is 1. The summed E-state index contributed by atoms with van der Waals surface area (Å²) in [6.45, 7) is 8.73. The number of aliphatic hydroxyl groups excluding tert-OH is 1. The summed E-state index contributed by atoms with van der Waals surface area (Å²) in [6.07, 6.45) is 0.649. The Morgan fingerprint density at radius 1 is 1.20 bits per heavy atom. The second-order valence-corrected chi connectivity index (χ2v) is 7.79. The molecular weight excluding hydrogens is 384 g/mol. The monoisotopic (exact) mass is 414 g/mol. The number of benzene rings is 1. The molecule has 0 bridgehead atoms. The summed E-state index contributed by atoms with van der Waals surface area (Å²) in [5.74, 6) is 1.82. The zero-order valence-electron chi connectivity index (χ0n) is 18.2. The molecule has 1 amide bonds. The smallest absolute Gasteiger partial charge is 0.249 e. The van der Waals surface area contributed by atoms with Gasteiger partial charge in [-0.2, -0.15) is 0 Å². The Bertz CT molecular complexity index is 1050. The van der Waals surface area contributed by atoms with Crippen LogP contribution in [0.1, 0.15) is 38.1 Å². The molecule has 0 aliphatic rings. The minimum absolute atomic E-state index is 0.0953. The molecule has 3 aromatic rings. The topological polar surface area (TPSA) is 114 Å². The van der Waals surface area contributed by atoms with Crippen LogP contribution in [0.5, 0.6) is 5.75 Å². The van der Waals surface area contributed by atoms with Crippen LogP contribution in [0.4, 0.5) is 5.82 Å². The molecule has 9 heteroatoms. The zero-order chi connectivity index (χ0) is 21.8. The third-order valence-electron chi connectivity index (χ3n) is 5.10. The maximum absolute atomic E-state index is 11.8. The van der Waals surface area contributed by atoms with Crippen LogP contribution >= 0.6 is 0 Å². The van der Waals surface area contributed by atoms with Crippen molar-refractivity contribution in [1.29, 1.82) is 0 Å². The maximum Gasteiger partial charge on any atom is 0.249 e. The lowest BCUT2D eigenvalue weighted by molar-refractivity contribution is -0.131. The summed E-state index contributed by atoms with van der Waals surface area (Å²) in [7, 11) is 1.65. The van der Waals surface area contributed by atoms with Crippen LogP contribution in [0.2, 0.25) is 0 Å². The minimum atomic E-state index is -0.963. The van der Waals surface area contributed by atoms with Crippen molar-refractivity contribution in [2.45, 2.75) is 46.6 Å². The molecule has 0 saturated carbocycles. The molecule has 2 heterocycles. The van der Waals surface area contributed by atoms with Crippen molar-refractivity contribution >= 4 is 28.4 Å². The molecule has 0 radical (unpaired) electrons. The van der Waals surface area contributed by atoms with Crippen LogP contribution in [-0.2, 0) is 4.79 Å². The first-order valence-corrected chi connectivity index (χ1v) is 10.2. The van der Waals surface area contributed by atoms with Crippen molar-refractivity contribution in [2.75, 3.05) is 25.5 Å². The zero-order valence-corrected chi connectivity index (χ0v) is 18.2. The van der Waals surface area contributed by atoms with Crippen molar-refractivity contribution in [3.05, 3.63) is 23.5 Å². The van der Waals surface area contributed by atoms with Crippen molar-refractivity contribution in [3.63, 3.8) is 0 Å². The molecule has 30 heavy (non-hydrogen) atoms. The molecule has 3 N–H and O–H groups in total. The number of methoxy groups -OCH3 is 1. The lowest BCUT2D eigenvalue weighted by Gasteiger charge is -2.14. The highest BCUT2D eigenvalue weighted by atomic mass is 16.5. The molecule has 0 spiro atoms. The number of carbonyl (C=O) groups is 1. The molecule has 3 rings (SSSR count). The molecule has 0 aliphatic heterocycles. The third-order valence-corrected chi connectivity index (χ3v) is 5.10. The van der Waals surface area contributed by atoms with Gasteiger partial charge in [-0.1, -0.05) is 13.8 Å². The molecule has 0 fully saturated rings. The van der Waals surface area contributed by atoms with E-state index in [4.69, 9.17) is 9.72 Å². The number of carbonyl (C=O) groups excluding carboxylic acids is 1. The van der Waals surface area contributed by atoms with Gasteiger partial charge in [0.1, 0.15) is 17.7 Å². The maximum atomic E-state index is 11.8. The predicted molar refractivity (Wildman–Crippen MR) is 116 cm³/mol. The Kier molecular flexibility index (Phi) is 6.71. The SMILES string of the molecule is COc1cc2nc(NCCCCNC(=O)[C@H](O)C(C)C)c3nnc(C)n3c2cc1C. The van der Waals surface area contributed by atoms with E-state index in [1.54, 1.807) is 7.11 Å². The van der Waals surface area contributed by atoms with Gasteiger partial charge in [0.15, 0.2) is 5.82 Å². The summed E-state index contributed by atoms with van der Waals surface area (Å²) >= 11 is 0. The Labute approximate surface area is 175 Å². The number of anilines is 1. The number of unbranched alkanes of at least 4 members (excludes halogenated alkanes) is 1. The largest absolute Gasteiger partial charge is 0.496 e. The van der Waals surface area contributed by atoms with E-state index in [1.165, 1.54) is 0 Å². The van der Waals surface area contributed by atoms with Crippen molar-refractivity contribution in [3.8, 4) is 5.75 Å². The number of aromatic nitrogens is 4. The number of nitrogens with zero attached hydrogens (tertiary/aromatic N) is 4. The molecule has 0 aliphatic carbocycles. The summed E-state index contributed by atoms with van der Waals surface area (Å²) in [6, 6.07) is 3.95. The number of hydrogen-bond donors (Lipinski definition) is 3. The standard InChI is InChI=1S/C21H30N6O3/c1-12(2)18(28)21(29)23-9-7-6-8-22-19-20-26-25-14(4)27(20)16-10-13(3)17(30-5)11-15(16)24-19/h10-12,18,28H,6-9H2,1-5H3,(H,22,24)(H,23,29)/t18-/m1/s1. The van der Waals surface area contributed by atoms with Crippen LogP contribution in [0.15, 0.2) is 12.1 Å². The number of fused-ring (bicyclic) bond motifs is 3. The first kappa shape index (κ1) is 21.8. The second-order valence-electron chi connectivity index (χ2n) is 7.79. The van der Waals surface area contributed by atoms with E-state index in [-0.39, 0.29) is 11.8 Å². The number of hydrogen-bond acceptors (Lipinski definition) is 7. The van der Waals surface area contributed by atoms with Gasteiger partial charge in [0.25, 0.3) is 0 Å². The molecule has 162 valence electrons. The molecular formula is C21H30N6O3.